The largest absolute Gasteiger partial charge is 0.294 e. The topological polar surface area (TPSA) is 17.1 Å². The standard InChI is InChI=1S/C10H5BrCl2OS2/c11-5-1-6(15-4-5)2-8(14)7-3-9(12)16-10(7)13/h1,3-4H,2H2. The van der Waals surface area contributed by atoms with E-state index in [9.17, 15) is 4.79 Å². The summed E-state index contributed by atoms with van der Waals surface area (Å²) < 4.78 is 2.00. The molecule has 0 bridgehead atoms. The van der Waals surface area contributed by atoms with Gasteiger partial charge in [-0.2, -0.15) is 0 Å². The lowest BCUT2D eigenvalue weighted by Gasteiger charge is -1.95. The van der Waals surface area contributed by atoms with Crippen molar-refractivity contribution in [1.29, 1.82) is 0 Å². The molecule has 0 aromatic carbocycles. The van der Waals surface area contributed by atoms with Crippen molar-refractivity contribution in [2.45, 2.75) is 6.42 Å². The van der Waals surface area contributed by atoms with Gasteiger partial charge in [0.15, 0.2) is 5.78 Å². The van der Waals surface area contributed by atoms with Crippen LogP contribution in [0.15, 0.2) is 22.0 Å². The predicted octanol–water partition coefficient (Wildman–Crippen LogP) is 5.30. The van der Waals surface area contributed by atoms with Gasteiger partial charge in [0, 0.05) is 26.7 Å². The Labute approximate surface area is 119 Å². The Morgan fingerprint density at radius 1 is 1.38 bits per heavy atom. The number of thiophene rings is 2. The molecule has 0 spiro atoms. The van der Waals surface area contributed by atoms with Crippen LogP contribution in [0.25, 0.3) is 0 Å². The zero-order chi connectivity index (χ0) is 11.7. The maximum absolute atomic E-state index is 11.9. The van der Waals surface area contributed by atoms with Crippen LogP contribution >= 0.6 is 61.8 Å². The third-order valence-corrected chi connectivity index (χ3v) is 5.10. The molecular weight excluding hydrogens is 351 g/mol. The Balaban J connectivity index is 2.17. The summed E-state index contributed by atoms with van der Waals surface area (Å²) in [5.41, 5.74) is 0.515. The van der Waals surface area contributed by atoms with Crippen LogP contribution in [0.4, 0.5) is 0 Å². The van der Waals surface area contributed by atoms with Crippen molar-refractivity contribution in [1.82, 2.24) is 0 Å². The SMILES string of the molecule is O=C(Cc1cc(Br)cs1)c1cc(Cl)sc1Cl. The fraction of sp³-hybridized carbons (Fsp3) is 0.100. The van der Waals surface area contributed by atoms with E-state index in [-0.39, 0.29) is 5.78 Å². The fourth-order valence-electron chi connectivity index (χ4n) is 1.23. The molecule has 0 unspecified atom stereocenters. The minimum Gasteiger partial charge on any atom is -0.294 e. The van der Waals surface area contributed by atoms with Crippen LogP contribution in [0.5, 0.6) is 0 Å². The Morgan fingerprint density at radius 3 is 2.62 bits per heavy atom. The maximum Gasteiger partial charge on any atom is 0.170 e. The zero-order valence-corrected chi connectivity index (χ0v) is 12.5. The van der Waals surface area contributed by atoms with Crippen LogP contribution in [-0.2, 0) is 6.42 Å². The summed E-state index contributed by atoms with van der Waals surface area (Å²) >= 11 is 17.8. The van der Waals surface area contributed by atoms with Gasteiger partial charge in [-0.05, 0) is 28.1 Å². The molecule has 0 saturated carbocycles. The van der Waals surface area contributed by atoms with E-state index in [1.165, 1.54) is 11.3 Å². The Morgan fingerprint density at radius 2 is 2.12 bits per heavy atom. The Bertz CT molecular complexity index is 533. The van der Waals surface area contributed by atoms with Crippen LogP contribution in [0.1, 0.15) is 15.2 Å². The average Bonchev–Trinajstić information content (AvgIpc) is 2.73. The molecule has 2 aromatic rings. The molecule has 0 fully saturated rings. The third kappa shape index (κ3) is 2.87. The second kappa shape index (κ2) is 5.19. The highest BCUT2D eigenvalue weighted by Crippen LogP contribution is 2.32. The summed E-state index contributed by atoms with van der Waals surface area (Å²) in [4.78, 5) is 12.9. The number of Topliss-reactive ketones (excluding diaryl/α,β-unsaturated/α-hetero) is 1. The highest BCUT2D eigenvalue weighted by atomic mass is 79.9. The molecule has 6 heteroatoms. The van der Waals surface area contributed by atoms with Crippen molar-refractivity contribution in [2.24, 2.45) is 0 Å². The Kier molecular flexibility index (Phi) is 4.08. The second-order valence-corrected chi connectivity index (χ2v) is 7.27. The molecule has 0 N–H and O–H groups in total. The summed E-state index contributed by atoms with van der Waals surface area (Å²) in [6, 6.07) is 3.56. The van der Waals surface area contributed by atoms with Gasteiger partial charge in [0.2, 0.25) is 0 Å². The molecule has 0 aliphatic rings. The van der Waals surface area contributed by atoms with Gasteiger partial charge >= 0.3 is 0 Å². The summed E-state index contributed by atoms with van der Waals surface area (Å²) in [5, 5.41) is 1.95. The van der Waals surface area contributed by atoms with Gasteiger partial charge in [-0.1, -0.05) is 23.2 Å². The predicted molar refractivity (Wildman–Crippen MR) is 74.4 cm³/mol. The Hall–Kier alpha value is 0.130. The summed E-state index contributed by atoms with van der Waals surface area (Å²) in [5.74, 6) is 0.00231. The zero-order valence-electron chi connectivity index (χ0n) is 7.80. The lowest BCUT2D eigenvalue weighted by molar-refractivity contribution is 0.0994. The lowest BCUT2D eigenvalue weighted by Crippen LogP contribution is -2.00. The minimum atomic E-state index is 0.00231. The molecule has 0 atom stereocenters. The first-order valence-corrected chi connectivity index (χ1v) is 7.51. The highest BCUT2D eigenvalue weighted by molar-refractivity contribution is 9.10. The van der Waals surface area contributed by atoms with E-state index in [0.29, 0.717) is 20.7 Å². The van der Waals surface area contributed by atoms with E-state index in [1.54, 1.807) is 17.4 Å². The fourth-order valence-corrected chi connectivity index (χ4v) is 4.18. The van der Waals surface area contributed by atoms with Gasteiger partial charge in [0.25, 0.3) is 0 Å². The van der Waals surface area contributed by atoms with E-state index in [0.717, 1.165) is 9.35 Å². The van der Waals surface area contributed by atoms with Crippen LogP contribution in [0.3, 0.4) is 0 Å². The first-order valence-electron chi connectivity index (χ1n) is 4.27. The monoisotopic (exact) mass is 354 g/mol. The summed E-state index contributed by atoms with van der Waals surface area (Å²) in [6.45, 7) is 0. The first-order chi connectivity index (χ1) is 7.56. The molecule has 16 heavy (non-hydrogen) atoms. The number of carbonyl (C=O) groups excluding carboxylic acids is 1. The number of carbonyl (C=O) groups is 1. The number of hydrogen-bond acceptors (Lipinski definition) is 3. The molecule has 84 valence electrons. The molecule has 0 radical (unpaired) electrons. The highest BCUT2D eigenvalue weighted by Gasteiger charge is 2.15. The number of halogens is 3. The average molecular weight is 356 g/mol. The van der Waals surface area contributed by atoms with Gasteiger partial charge in [-0.25, -0.2) is 0 Å². The molecule has 2 heterocycles. The van der Waals surface area contributed by atoms with Crippen molar-refractivity contribution < 1.29 is 4.79 Å². The molecular formula is C10H5BrCl2OS2. The lowest BCUT2D eigenvalue weighted by atomic mass is 10.1. The molecule has 2 aromatic heterocycles. The first kappa shape index (κ1) is 12.6. The van der Waals surface area contributed by atoms with Crippen molar-refractivity contribution in [3.63, 3.8) is 0 Å². The van der Waals surface area contributed by atoms with Gasteiger partial charge < -0.3 is 0 Å². The van der Waals surface area contributed by atoms with Crippen LogP contribution < -0.4 is 0 Å². The van der Waals surface area contributed by atoms with Crippen molar-refractivity contribution >= 4 is 67.6 Å². The van der Waals surface area contributed by atoms with Gasteiger partial charge in [0.1, 0.15) is 4.34 Å². The van der Waals surface area contributed by atoms with Gasteiger partial charge in [-0.15, -0.1) is 22.7 Å². The molecule has 0 aliphatic carbocycles. The van der Waals surface area contributed by atoms with Gasteiger partial charge in [0.05, 0.1) is 4.34 Å². The summed E-state index contributed by atoms with van der Waals surface area (Å²) in [6.07, 6.45) is 0.364. The number of rotatable bonds is 3. The molecule has 0 saturated heterocycles. The quantitative estimate of drug-likeness (QED) is 0.682. The third-order valence-electron chi connectivity index (χ3n) is 1.91. The van der Waals surface area contributed by atoms with Gasteiger partial charge in [-0.3, -0.25) is 4.79 Å². The van der Waals surface area contributed by atoms with Crippen molar-refractivity contribution in [3.8, 4) is 0 Å². The van der Waals surface area contributed by atoms with E-state index < -0.39 is 0 Å². The smallest absolute Gasteiger partial charge is 0.170 e. The number of hydrogen-bond donors (Lipinski definition) is 0. The normalized spacial score (nSPS) is 10.7. The molecule has 2 rings (SSSR count). The molecule has 0 amide bonds. The molecule has 1 nitrogen and oxygen atoms in total. The second-order valence-electron chi connectivity index (χ2n) is 3.07. The number of ketones is 1. The maximum atomic E-state index is 11.9. The van der Waals surface area contributed by atoms with Crippen LogP contribution in [0.2, 0.25) is 8.67 Å². The minimum absolute atomic E-state index is 0.00231. The van der Waals surface area contributed by atoms with E-state index in [4.69, 9.17) is 23.2 Å². The van der Waals surface area contributed by atoms with Crippen LogP contribution in [0, 0.1) is 0 Å². The van der Waals surface area contributed by atoms with Crippen LogP contribution in [-0.4, -0.2) is 5.78 Å². The molecule has 0 aliphatic heterocycles. The van der Waals surface area contributed by atoms with Crippen molar-refractivity contribution in [3.05, 3.63) is 41.1 Å². The summed E-state index contributed by atoms with van der Waals surface area (Å²) in [7, 11) is 0. The van der Waals surface area contributed by atoms with E-state index in [2.05, 4.69) is 15.9 Å². The van der Waals surface area contributed by atoms with E-state index in [1.807, 2.05) is 11.4 Å². The van der Waals surface area contributed by atoms with Crippen molar-refractivity contribution in [2.75, 3.05) is 0 Å². The van der Waals surface area contributed by atoms with E-state index >= 15 is 0 Å².